The van der Waals surface area contributed by atoms with Gasteiger partial charge in [-0.1, -0.05) is 30.1 Å². The highest BCUT2D eigenvalue weighted by atomic mass is 32.1. The van der Waals surface area contributed by atoms with E-state index in [0.29, 0.717) is 10.6 Å². The predicted molar refractivity (Wildman–Crippen MR) is 123 cm³/mol. The van der Waals surface area contributed by atoms with Crippen molar-refractivity contribution in [3.05, 3.63) is 86.8 Å². The third-order valence-corrected chi connectivity index (χ3v) is 6.95. The number of ether oxygens (including phenoxy) is 1. The van der Waals surface area contributed by atoms with E-state index in [0.717, 1.165) is 23.5 Å². The lowest BCUT2D eigenvalue weighted by molar-refractivity contribution is -0.132. The number of aryl methyl sites for hydroxylation is 1. The Labute approximate surface area is 196 Å². The minimum Gasteiger partial charge on any atom is -0.507 e. The van der Waals surface area contributed by atoms with Gasteiger partial charge in [0.15, 0.2) is 5.13 Å². The van der Waals surface area contributed by atoms with Gasteiger partial charge in [-0.25, -0.2) is 14.2 Å². The lowest BCUT2D eigenvalue weighted by atomic mass is 10.00. The SMILES string of the molecule is C=CCOC(=O)c1sc(N2C(=O)C(=O)C(=C(O)c3ccc(F)cc3)[C@H]2c2cccs2)nc1C. The zero-order valence-electron chi connectivity index (χ0n) is 17.3. The van der Waals surface area contributed by atoms with E-state index in [-0.39, 0.29) is 27.8 Å². The molecule has 168 valence electrons. The number of aliphatic hydroxyl groups is 1. The zero-order chi connectivity index (χ0) is 23.7. The van der Waals surface area contributed by atoms with E-state index in [1.165, 1.54) is 34.4 Å². The van der Waals surface area contributed by atoms with E-state index in [9.17, 15) is 23.9 Å². The molecule has 0 aliphatic carbocycles. The molecule has 2 aromatic heterocycles. The van der Waals surface area contributed by atoms with Gasteiger partial charge >= 0.3 is 11.9 Å². The van der Waals surface area contributed by atoms with Gasteiger partial charge in [0, 0.05) is 10.4 Å². The number of aromatic nitrogens is 1. The number of anilines is 1. The third-order valence-electron chi connectivity index (χ3n) is 4.88. The van der Waals surface area contributed by atoms with Gasteiger partial charge in [0.05, 0.1) is 11.3 Å². The summed E-state index contributed by atoms with van der Waals surface area (Å²) < 4.78 is 18.4. The quantitative estimate of drug-likeness (QED) is 0.180. The molecular weight excluding hydrogens is 467 g/mol. The molecule has 10 heteroatoms. The van der Waals surface area contributed by atoms with Crippen LogP contribution < -0.4 is 4.90 Å². The Morgan fingerprint density at radius 2 is 2.03 bits per heavy atom. The van der Waals surface area contributed by atoms with E-state index in [1.54, 1.807) is 24.4 Å². The highest BCUT2D eigenvalue weighted by molar-refractivity contribution is 7.18. The topological polar surface area (TPSA) is 96.8 Å². The number of thiazole rings is 1. The molecule has 1 aromatic carbocycles. The number of esters is 1. The molecule has 1 aliphatic rings. The van der Waals surface area contributed by atoms with Crippen LogP contribution in [0.25, 0.3) is 5.76 Å². The number of Topliss-reactive ketones (excluding diaryl/α,β-unsaturated/α-hetero) is 1. The lowest BCUT2D eigenvalue weighted by Gasteiger charge is -2.21. The van der Waals surface area contributed by atoms with Crippen LogP contribution in [0.15, 0.2) is 60.0 Å². The van der Waals surface area contributed by atoms with Gasteiger partial charge < -0.3 is 9.84 Å². The van der Waals surface area contributed by atoms with Gasteiger partial charge in [0.1, 0.15) is 29.1 Å². The summed E-state index contributed by atoms with van der Waals surface area (Å²) in [6.07, 6.45) is 1.43. The van der Waals surface area contributed by atoms with Crippen molar-refractivity contribution in [3.63, 3.8) is 0 Å². The number of ketones is 1. The fourth-order valence-electron chi connectivity index (χ4n) is 3.38. The maximum atomic E-state index is 13.4. The molecule has 3 heterocycles. The summed E-state index contributed by atoms with van der Waals surface area (Å²) in [5, 5.41) is 12.8. The number of amides is 1. The largest absolute Gasteiger partial charge is 0.507 e. The molecule has 7 nitrogen and oxygen atoms in total. The molecule has 1 fully saturated rings. The first-order valence-corrected chi connectivity index (χ1v) is 11.4. The Kier molecular flexibility index (Phi) is 6.21. The van der Waals surface area contributed by atoms with Crippen LogP contribution in [0.2, 0.25) is 0 Å². The molecule has 0 radical (unpaired) electrons. The average Bonchev–Trinajstić information content (AvgIpc) is 3.51. The smallest absolute Gasteiger partial charge is 0.350 e. The van der Waals surface area contributed by atoms with Crippen molar-refractivity contribution >= 4 is 51.2 Å². The van der Waals surface area contributed by atoms with Crippen LogP contribution in [-0.4, -0.2) is 34.4 Å². The Morgan fingerprint density at radius 1 is 1.30 bits per heavy atom. The average molecular weight is 485 g/mol. The third kappa shape index (κ3) is 4.10. The van der Waals surface area contributed by atoms with Crippen molar-refractivity contribution < 1.29 is 28.6 Å². The summed E-state index contributed by atoms with van der Waals surface area (Å²) >= 11 is 2.21. The predicted octanol–water partition coefficient (Wildman–Crippen LogP) is 4.62. The molecule has 4 rings (SSSR count). The van der Waals surface area contributed by atoms with Crippen LogP contribution in [-0.2, 0) is 14.3 Å². The number of halogens is 1. The molecule has 1 amide bonds. The monoisotopic (exact) mass is 484 g/mol. The highest BCUT2D eigenvalue weighted by Gasteiger charge is 2.48. The molecule has 0 bridgehead atoms. The van der Waals surface area contributed by atoms with E-state index < -0.39 is 35.3 Å². The number of hydrogen-bond acceptors (Lipinski definition) is 8. The minimum absolute atomic E-state index is 0.0168. The number of hydrogen-bond donors (Lipinski definition) is 1. The van der Waals surface area contributed by atoms with Crippen molar-refractivity contribution in [3.8, 4) is 0 Å². The summed E-state index contributed by atoms with van der Waals surface area (Å²) in [6.45, 7) is 5.11. The van der Waals surface area contributed by atoms with E-state index in [2.05, 4.69) is 11.6 Å². The standard InChI is InChI=1S/C23H17FN2O5S2/c1-3-10-31-22(30)20-12(2)25-23(33-20)26-17(15-5-4-11-32-15)16(19(28)21(26)29)18(27)13-6-8-14(24)9-7-13/h3-9,11,17,27H,1,10H2,2H3/t17-/m1/s1. The normalized spacial score (nSPS) is 17.4. The highest BCUT2D eigenvalue weighted by Crippen LogP contribution is 2.45. The van der Waals surface area contributed by atoms with Crippen LogP contribution in [0, 0.1) is 12.7 Å². The molecule has 0 saturated carbocycles. The Hall–Kier alpha value is -3.63. The second kappa shape index (κ2) is 9.08. The number of carbonyl (C=O) groups is 3. The molecule has 1 saturated heterocycles. The van der Waals surface area contributed by atoms with Gasteiger partial charge in [0.25, 0.3) is 5.78 Å². The lowest BCUT2D eigenvalue weighted by Crippen LogP contribution is -2.29. The first-order chi connectivity index (χ1) is 15.8. The summed E-state index contributed by atoms with van der Waals surface area (Å²) in [6, 6.07) is 7.47. The van der Waals surface area contributed by atoms with Crippen molar-refractivity contribution in [1.29, 1.82) is 0 Å². The van der Waals surface area contributed by atoms with Gasteiger partial charge in [-0.15, -0.1) is 11.3 Å². The molecule has 1 N–H and O–H groups in total. The van der Waals surface area contributed by atoms with Crippen molar-refractivity contribution in [2.24, 2.45) is 0 Å². The van der Waals surface area contributed by atoms with Crippen LogP contribution in [0.4, 0.5) is 9.52 Å². The zero-order valence-corrected chi connectivity index (χ0v) is 18.9. The summed E-state index contributed by atoms with van der Waals surface area (Å²) in [5.41, 5.74) is 0.395. The summed E-state index contributed by atoms with van der Waals surface area (Å²) in [4.78, 5) is 44.8. The van der Waals surface area contributed by atoms with E-state index >= 15 is 0 Å². The number of thiophene rings is 1. The summed E-state index contributed by atoms with van der Waals surface area (Å²) in [7, 11) is 0. The molecule has 1 aliphatic heterocycles. The van der Waals surface area contributed by atoms with Crippen LogP contribution >= 0.6 is 22.7 Å². The van der Waals surface area contributed by atoms with Crippen LogP contribution in [0.5, 0.6) is 0 Å². The Bertz CT molecular complexity index is 1280. The van der Waals surface area contributed by atoms with Gasteiger partial charge in [-0.05, 0) is 42.6 Å². The van der Waals surface area contributed by atoms with Gasteiger partial charge in [-0.3, -0.25) is 14.5 Å². The number of aliphatic hydroxyl groups excluding tert-OH is 1. The van der Waals surface area contributed by atoms with E-state index in [4.69, 9.17) is 4.74 Å². The van der Waals surface area contributed by atoms with E-state index in [1.807, 2.05) is 0 Å². The number of benzene rings is 1. The molecule has 0 spiro atoms. The van der Waals surface area contributed by atoms with Crippen LogP contribution in [0.1, 0.15) is 31.8 Å². The maximum absolute atomic E-state index is 13.4. The molecule has 0 unspecified atom stereocenters. The first-order valence-electron chi connectivity index (χ1n) is 9.69. The minimum atomic E-state index is -0.961. The molecule has 1 atom stereocenters. The Morgan fingerprint density at radius 3 is 2.67 bits per heavy atom. The molecular formula is C23H17FN2O5S2. The van der Waals surface area contributed by atoms with Crippen LogP contribution in [0.3, 0.4) is 0 Å². The second-order valence-corrected chi connectivity index (χ2v) is 8.95. The molecule has 3 aromatic rings. The van der Waals surface area contributed by atoms with Crippen molar-refractivity contribution in [2.45, 2.75) is 13.0 Å². The second-order valence-electron chi connectivity index (χ2n) is 6.99. The van der Waals surface area contributed by atoms with Gasteiger partial charge in [0.2, 0.25) is 0 Å². The fourth-order valence-corrected chi connectivity index (χ4v) is 5.19. The fraction of sp³-hybridized carbons (Fsp3) is 0.130. The number of carbonyl (C=O) groups excluding carboxylic acids is 3. The molecule has 33 heavy (non-hydrogen) atoms. The first kappa shape index (κ1) is 22.6. The maximum Gasteiger partial charge on any atom is 0.350 e. The summed E-state index contributed by atoms with van der Waals surface area (Å²) in [5.74, 6) is -3.34. The number of nitrogens with zero attached hydrogens (tertiary/aromatic N) is 2. The Balaban J connectivity index is 1.84. The van der Waals surface area contributed by atoms with Crippen molar-refractivity contribution in [2.75, 3.05) is 11.5 Å². The van der Waals surface area contributed by atoms with Crippen molar-refractivity contribution in [1.82, 2.24) is 4.98 Å². The number of rotatable bonds is 6. The van der Waals surface area contributed by atoms with Gasteiger partial charge in [-0.2, -0.15) is 0 Å².